The minimum Gasteiger partial charge on any atom is -0.497 e. The highest BCUT2D eigenvalue weighted by Gasteiger charge is 2.13. The van der Waals surface area contributed by atoms with Crippen molar-refractivity contribution in [1.82, 2.24) is 9.55 Å². The highest BCUT2D eigenvalue weighted by Crippen LogP contribution is 2.27. The summed E-state index contributed by atoms with van der Waals surface area (Å²) in [4.78, 5) is 4.69. The number of nitrogens with zero attached hydrogens (tertiary/aromatic N) is 2. The summed E-state index contributed by atoms with van der Waals surface area (Å²) in [6.07, 6.45) is 0.713. The van der Waals surface area contributed by atoms with Gasteiger partial charge >= 0.3 is 0 Å². The van der Waals surface area contributed by atoms with E-state index in [1.807, 2.05) is 30.3 Å². The largest absolute Gasteiger partial charge is 0.497 e. The maximum absolute atomic E-state index is 5.93. The third-order valence-corrected chi connectivity index (χ3v) is 4.00. The van der Waals surface area contributed by atoms with Crippen LogP contribution in [0.1, 0.15) is 5.82 Å². The molecule has 108 valence electrons. The van der Waals surface area contributed by atoms with Gasteiger partial charge in [-0.15, -0.1) is 11.6 Å². The van der Waals surface area contributed by atoms with Crippen LogP contribution >= 0.6 is 27.5 Å². The number of benzene rings is 2. The van der Waals surface area contributed by atoms with Crippen LogP contribution in [0.2, 0.25) is 0 Å². The van der Waals surface area contributed by atoms with Crippen LogP contribution in [-0.2, 0) is 6.42 Å². The van der Waals surface area contributed by atoms with E-state index in [4.69, 9.17) is 21.3 Å². The first kappa shape index (κ1) is 14.4. The second-order valence-electron chi connectivity index (χ2n) is 4.64. The van der Waals surface area contributed by atoms with Crippen molar-refractivity contribution in [1.29, 1.82) is 0 Å². The SMILES string of the molecule is COc1ccc2nc(CCCl)n(-c3cccc(Br)c3)c2c1. The molecule has 0 saturated heterocycles. The smallest absolute Gasteiger partial charge is 0.121 e. The van der Waals surface area contributed by atoms with E-state index in [-0.39, 0.29) is 0 Å². The van der Waals surface area contributed by atoms with Crippen LogP contribution in [0, 0.1) is 0 Å². The van der Waals surface area contributed by atoms with Gasteiger partial charge in [0.2, 0.25) is 0 Å². The highest BCUT2D eigenvalue weighted by atomic mass is 79.9. The summed E-state index contributed by atoms with van der Waals surface area (Å²) >= 11 is 9.44. The second-order valence-corrected chi connectivity index (χ2v) is 5.93. The molecule has 0 bridgehead atoms. The lowest BCUT2D eigenvalue weighted by atomic mass is 10.2. The van der Waals surface area contributed by atoms with Crippen molar-refractivity contribution in [3.63, 3.8) is 0 Å². The highest BCUT2D eigenvalue weighted by molar-refractivity contribution is 9.10. The van der Waals surface area contributed by atoms with Gasteiger partial charge in [-0.25, -0.2) is 4.98 Å². The first-order chi connectivity index (χ1) is 10.2. The lowest BCUT2D eigenvalue weighted by Gasteiger charge is -2.09. The third-order valence-electron chi connectivity index (χ3n) is 3.32. The topological polar surface area (TPSA) is 27.1 Å². The minimum atomic E-state index is 0.536. The van der Waals surface area contributed by atoms with Crippen LogP contribution in [-0.4, -0.2) is 22.5 Å². The van der Waals surface area contributed by atoms with Crippen molar-refractivity contribution < 1.29 is 4.74 Å². The fraction of sp³-hybridized carbons (Fsp3) is 0.188. The first-order valence-electron chi connectivity index (χ1n) is 6.60. The van der Waals surface area contributed by atoms with Crippen LogP contribution < -0.4 is 4.74 Å². The van der Waals surface area contributed by atoms with E-state index in [9.17, 15) is 0 Å². The standard InChI is InChI=1S/C16H14BrClN2O/c1-21-13-5-6-14-15(10-13)20(16(19-14)7-8-18)12-4-2-3-11(17)9-12/h2-6,9-10H,7-8H2,1H3. The van der Waals surface area contributed by atoms with Crippen LogP contribution in [0.4, 0.5) is 0 Å². The van der Waals surface area contributed by atoms with Crippen molar-refractivity contribution in [2.45, 2.75) is 6.42 Å². The van der Waals surface area contributed by atoms with Crippen molar-refractivity contribution >= 4 is 38.6 Å². The Morgan fingerprint density at radius 3 is 2.81 bits per heavy atom. The van der Waals surface area contributed by atoms with Gasteiger partial charge in [-0.3, -0.25) is 4.57 Å². The number of hydrogen-bond acceptors (Lipinski definition) is 2. The molecule has 0 aliphatic carbocycles. The summed E-state index contributed by atoms with van der Waals surface area (Å²) in [5, 5.41) is 0. The number of aromatic nitrogens is 2. The van der Waals surface area contributed by atoms with Crippen LogP contribution in [0.25, 0.3) is 16.7 Å². The molecule has 0 aliphatic heterocycles. The molecule has 0 radical (unpaired) electrons. The van der Waals surface area contributed by atoms with Gasteiger partial charge in [0, 0.05) is 28.5 Å². The first-order valence-corrected chi connectivity index (χ1v) is 7.93. The van der Waals surface area contributed by atoms with Crippen LogP contribution in [0.5, 0.6) is 5.75 Å². The molecule has 0 atom stereocenters. The number of alkyl halides is 1. The molecule has 1 aromatic heterocycles. The maximum atomic E-state index is 5.93. The molecule has 3 nitrogen and oxygen atoms in total. The Morgan fingerprint density at radius 1 is 1.24 bits per heavy atom. The maximum Gasteiger partial charge on any atom is 0.121 e. The zero-order valence-corrected chi connectivity index (χ0v) is 13.9. The van der Waals surface area contributed by atoms with Gasteiger partial charge in [0.1, 0.15) is 11.6 Å². The third kappa shape index (κ3) is 2.78. The Bertz CT molecular complexity index is 785. The van der Waals surface area contributed by atoms with E-state index in [0.29, 0.717) is 12.3 Å². The van der Waals surface area contributed by atoms with Crippen molar-refractivity contribution in [3.8, 4) is 11.4 Å². The summed E-state index contributed by atoms with van der Waals surface area (Å²) in [7, 11) is 1.67. The number of fused-ring (bicyclic) bond motifs is 1. The number of ether oxygens (including phenoxy) is 1. The van der Waals surface area contributed by atoms with Gasteiger partial charge in [0.15, 0.2) is 0 Å². The normalized spacial score (nSPS) is 11.0. The number of rotatable bonds is 4. The van der Waals surface area contributed by atoms with Gasteiger partial charge in [-0.1, -0.05) is 22.0 Å². The molecule has 0 spiro atoms. The number of aryl methyl sites for hydroxylation is 1. The van der Waals surface area contributed by atoms with Gasteiger partial charge in [-0.2, -0.15) is 0 Å². The molecule has 21 heavy (non-hydrogen) atoms. The van der Waals surface area contributed by atoms with Gasteiger partial charge in [0.25, 0.3) is 0 Å². The molecule has 0 aliphatic rings. The Hall–Kier alpha value is -1.52. The Kier molecular flexibility index (Phi) is 4.17. The van der Waals surface area contributed by atoms with E-state index >= 15 is 0 Å². The molecule has 2 aromatic carbocycles. The van der Waals surface area contributed by atoms with Crippen molar-refractivity contribution in [2.75, 3.05) is 13.0 Å². The quantitative estimate of drug-likeness (QED) is 0.633. The monoisotopic (exact) mass is 364 g/mol. The molecule has 0 unspecified atom stereocenters. The minimum absolute atomic E-state index is 0.536. The molecule has 0 amide bonds. The molecule has 0 saturated carbocycles. The van der Waals surface area contributed by atoms with Crippen molar-refractivity contribution in [3.05, 3.63) is 52.8 Å². The van der Waals surface area contributed by atoms with Gasteiger partial charge in [-0.05, 0) is 30.3 Å². The summed E-state index contributed by atoms with van der Waals surface area (Å²) in [6, 6.07) is 14.0. The number of methoxy groups -OCH3 is 1. The summed E-state index contributed by atoms with van der Waals surface area (Å²) in [5.74, 6) is 2.30. The zero-order chi connectivity index (χ0) is 14.8. The fourth-order valence-corrected chi connectivity index (χ4v) is 2.94. The Morgan fingerprint density at radius 2 is 2.10 bits per heavy atom. The molecular weight excluding hydrogens is 352 g/mol. The van der Waals surface area contributed by atoms with Gasteiger partial charge in [0.05, 0.1) is 18.1 Å². The van der Waals surface area contributed by atoms with E-state index in [0.717, 1.165) is 32.8 Å². The predicted molar refractivity (Wildman–Crippen MR) is 89.7 cm³/mol. The summed E-state index contributed by atoms with van der Waals surface area (Å²) in [5.41, 5.74) is 3.02. The molecule has 1 heterocycles. The predicted octanol–water partition coefficient (Wildman–Crippen LogP) is 4.58. The Balaban J connectivity index is 2.28. The van der Waals surface area contributed by atoms with E-state index in [1.165, 1.54) is 0 Å². The summed E-state index contributed by atoms with van der Waals surface area (Å²) < 4.78 is 8.49. The molecule has 3 aromatic rings. The van der Waals surface area contributed by atoms with E-state index in [1.54, 1.807) is 7.11 Å². The van der Waals surface area contributed by atoms with E-state index < -0.39 is 0 Å². The lowest BCUT2D eigenvalue weighted by Crippen LogP contribution is -2.02. The molecule has 0 N–H and O–H groups in total. The molecule has 0 fully saturated rings. The lowest BCUT2D eigenvalue weighted by molar-refractivity contribution is 0.415. The average molecular weight is 366 g/mol. The average Bonchev–Trinajstić information content (AvgIpc) is 2.84. The van der Waals surface area contributed by atoms with E-state index in [2.05, 4.69) is 32.6 Å². The van der Waals surface area contributed by atoms with Crippen molar-refractivity contribution in [2.24, 2.45) is 0 Å². The second kappa shape index (κ2) is 6.08. The zero-order valence-electron chi connectivity index (χ0n) is 11.5. The number of halogens is 2. The summed E-state index contributed by atoms with van der Waals surface area (Å²) in [6.45, 7) is 0. The van der Waals surface area contributed by atoms with Crippen LogP contribution in [0.15, 0.2) is 46.9 Å². The Labute approximate surface area is 136 Å². The van der Waals surface area contributed by atoms with Gasteiger partial charge < -0.3 is 4.74 Å². The molecule has 5 heteroatoms. The molecule has 3 rings (SSSR count). The number of imidazole rings is 1. The molecular formula is C16H14BrClN2O. The van der Waals surface area contributed by atoms with Crippen LogP contribution in [0.3, 0.4) is 0 Å². The number of hydrogen-bond donors (Lipinski definition) is 0. The fourth-order valence-electron chi connectivity index (χ4n) is 2.39.